The van der Waals surface area contributed by atoms with Crippen LogP contribution < -0.4 is 5.32 Å². The second kappa shape index (κ2) is 10.3. The van der Waals surface area contributed by atoms with Gasteiger partial charge in [-0.15, -0.1) is 11.8 Å². The lowest BCUT2D eigenvalue weighted by atomic mass is 9.66. The molecule has 182 valence electrons. The molecule has 0 aromatic heterocycles. The molecule has 0 radical (unpaired) electrons. The highest BCUT2D eigenvalue weighted by atomic mass is 32.2. The van der Waals surface area contributed by atoms with Crippen molar-refractivity contribution >= 4 is 29.5 Å². The van der Waals surface area contributed by atoms with Crippen LogP contribution in [0.1, 0.15) is 66.7 Å². The molecule has 8 heteroatoms. The third kappa shape index (κ3) is 3.95. The predicted molar refractivity (Wildman–Crippen MR) is 125 cm³/mol. The van der Waals surface area contributed by atoms with Crippen LogP contribution in [0, 0.1) is 23.7 Å². The predicted octanol–water partition coefficient (Wildman–Crippen LogP) is 2.60. The van der Waals surface area contributed by atoms with Gasteiger partial charge in [0.2, 0.25) is 11.8 Å². The summed E-state index contributed by atoms with van der Waals surface area (Å²) >= 11 is 1.65. The van der Waals surface area contributed by atoms with Crippen molar-refractivity contribution in [1.82, 2.24) is 10.2 Å². The first kappa shape index (κ1) is 25.3. The number of nitrogens with one attached hydrogen (secondary N) is 1. The van der Waals surface area contributed by atoms with Crippen LogP contribution in [0.4, 0.5) is 0 Å². The van der Waals surface area contributed by atoms with Crippen molar-refractivity contribution < 1.29 is 24.2 Å². The maximum Gasteiger partial charge on any atom is 0.310 e. The number of likely N-dealkylation sites (tertiary alicyclic amines) is 1. The first-order valence-electron chi connectivity index (χ1n) is 12.3. The number of carbonyl (C=O) groups is 3. The van der Waals surface area contributed by atoms with Crippen molar-refractivity contribution in [3.8, 4) is 0 Å². The molecule has 3 saturated heterocycles. The third-order valence-electron chi connectivity index (χ3n) is 7.92. The van der Waals surface area contributed by atoms with Crippen molar-refractivity contribution in [3.05, 3.63) is 0 Å². The normalized spacial score (nSPS) is 35.0. The van der Waals surface area contributed by atoms with Crippen LogP contribution in [0.25, 0.3) is 0 Å². The molecule has 3 aliphatic rings. The van der Waals surface area contributed by atoms with Crippen LogP contribution in [0.5, 0.6) is 0 Å². The molecule has 0 saturated carbocycles. The van der Waals surface area contributed by atoms with Crippen molar-refractivity contribution in [1.29, 1.82) is 0 Å². The molecule has 32 heavy (non-hydrogen) atoms. The van der Waals surface area contributed by atoms with Gasteiger partial charge in [0.25, 0.3) is 0 Å². The Kier molecular flexibility index (Phi) is 8.18. The van der Waals surface area contributed by atoms with Crippen molar-refractivity contribution in [2.45, 2.75) is 88.8 Å². The van der Waals surface area contributed by atoms with E-state index < -0.39 is 28.7 Å². The fraction of sp³-hybridized carbons (Fsp3) is 0.875. The molecule has 3 unspecified atom stereocenters. The smallest absolute Gasteiger partial charge is 0.310 e. The van der Waals surface area contributed by atoms with Crippen molar-refractivity contribution in [2.75, 3.05) is 19.8 Å². The maximum atomic E-state index is 14.0. The van der Waals surface area contributed by atoms with E-state index in [0.717, 1.165) is 32.1 Å². The lowest BCUT2D eigenvalue weighted by Gasteiger charge is -2.41. The Labute approximate surface area is 196 Å². The number of carbonyl (C=O) groups excluding carboxylic acids is 3. The molecule has 3 aliphatic heterocycles. The zero-order valence-electron chi connectivity index (χ0n) is 20.1. The van der Waals surface area contributed by atoms with Crippen LogP contribution in [0.15, 0.2) is 0 Å². The molecule has 2 amide bonds. The van der Waals surface area contributed by atoms with E-state index in [0.29, 0.717) is 6.54 Å². The number of nitrogens with zero attached hydrogens (tertiary/aromatic N) is 1. The summed E-state index contributed by atoms with van der Waals surface area (Å²) in [4.78, 5) is 42.2. The van der Waals surface area contributed by atoms with Crippen LogP contribution >= 0.6 is 11.8 Å². The first-order chi connectivity index (χ1) is 15.3. The Morgan fingerprint density at radius 1 is 1.31 bits per heavy atom. The number of esters is 1. The number of aliphatic hydroxyl groups is 1. The topological polar surface area (TPSA) is 95.9 Å². The highest BCUT2D eigenvalue weighted by molar-refractivity contribution is 8.02. The molecule has 0 aliphatic carbocycles. The molecular weight excluding hydrogens is 428 g/mol. The number of amides is 2. The molecule has 3 heterocycles. The Morgan fingerprint density at radius 2 is 2.03 bits per heavy atom. The summed E-state index contributed by atoms with van der Waals surface area (Å²) < 4.78 is 4.71. The summed E-state index contributed by atoms with van der Waals surface area (Å²) in [6.07, 6.45) is 4.56. The summed E-state index contributed by atoms with van der Waals surface area (Å²) in [6.45, 7) is 10.7. The average Bonchev–Trinajstić information content (AvgIpc) is 3.36. The summed E-state index contributed by atoms with van der Waals surface area (Å²) in [5.41, 5.74) is 0. The summed E-state index contributed by atoms with van der Waals surface area (Å²) in [6, 6.07) is -1.13. The molecular formula is C24H40N2O5S. The highest BCUT2D eigenvalue weighted by Crippen LogP contribution is 2.69. The van der Waals surface area contributed by atoms with Gasteiger partial charge >= 0.3 is 5.97 Å². The van der Waals surface area contributed by atoms with Gasteiger partial charge in [-0.3, -0.25) is 14.4 Å². The number of hydrogen-bond donors (Lipinski definition) is 2. The maximum absolute atomic E-state index is 14.0. The number of ether oxygens (including phenoxy) is 1. The van der Waals surface area contributed by atoms with E-state index in [-0.39, 0.29) is 48.1 Å². The molecule has 0 aromatic carbocycles. The molecule has 2 bridgehead atoms. The van der Waals surface area contributed by atoms with E-state index in [4.69, 9.17) is 4.74 Å². The Bertz CT molecular complexity index is 719. The van der Waals surface area contributed by atoms with Gasteiger partial charge in [0.15, 0.2) is 0 Å². The number of hydrogen-bond acceptors (Lipinski definition) is 6. The van der Waals surface area contributed by atoms with Gasteiger partial charge in [-0.2, -0.15) is 0 Å². The zero-order chi connectivity index (χ0) is 23.6. The summed E-state index contributed by atoms with van der Waals surface area (Å²) in [7, 11) is 0. The van der Waals surface area contributed by atoms with Gasteiger partial charge < -0.3 is 20.1 Å². The molecule has 1 spiro atoms. The largest absolute Gasteiger partial charge is 0.466 e. The fourth-order valence-electron chi connectivity index (χ4n) is 6.12. The number of rotatable bonds is 11. The zero-order valence-corrected chi connectivity index (χ0v) is 21.0. The third-order valence-corrected chi connectivity index (χ3v) is 9.99. The van der Waals surface area contributed by atoms with Gasteiger partial charge in [0, 0.05) is 11.8 Å². The molecule has 8 atom stereocenters. The minimum Gasteiger partial charge on any atom is -0.466 e. The van der Waals surface area contributed by atoms with Crippen molar-refractivity contribution in [2.24, 2.45) is 23.7 Å². The average molecular weight is 469 g/mol. The minimum absolute atomic E-state index is 0.00767. The monoisotopic (exact) mass is 468 g/mol. The lowest BCUT2D eigenvalue weighted by Crippen LogP contribution is -2.59. The van der Waals surface area contributed by atoms with E-state index in [1.165, 1.54) is 0 Å². The fourth-order valence-corrected chi connectivity index (χ4v) is 8.52. The van der Waals surface area contributed by atoms with Gasteiger partial charge in [-0.1, -0.05) is 47.0 Å². The summed E-state index contributed by atoms with van der Waals surface area (Å²) in [5, 5.41) is 13.4. The number of aliphatic hydroxyl groups excluding tert-OH is 1. The molecule has 2 N–H and O–H groups in total. The van der Waals surface area contributed by atoms with E-state index in [1.54, 1.807) is 23.6 Å². The van der Waals surface area contributed by atoms with Crippen LogP contribution in [0.2, 0.25) is 0 Å². The molecule has 3 fully saturated rings. The minimum atomic E-state index is -0.683. The number of unbranched alkanes of at least 4 members (excludes halogenated alkanes) is 2. The van der Waals surface area contributed by atoms with Crippen LogP contribution in [0.3, 0.4) is 0 Å². The van der Waals surface area contributed by atoms with E-state index >= 15 is 0 Å². The van der Waals surface area contributed by atoms with Gasteiger partial charge in [-0.05, 0) is 31.6 Å². The Balaban J connectivity index is 2.02. The number of thioether (sulfide) groups is 1. The van der Waals surface area contributed by atoms with E-state index in [1.807, 2.05) is 13.8 Å². The molecule has 7 nitrogen and oxygen atoms in total. The lowest BCUT2D eigenvalue weighted by molar-refractivity contribution is -0.154. The van der Waals surface area contributed by atoms with Gasteiger partial charge in [0.05, 0.1) is 35.8 Å². The number of fused-ring (bicyclic) bond motifs is 1. The van der Waals surface area contributed by atoms with E-state index in [9.17, 15) is 19.5 Å². The van der Waals surface area contributed by atoms with Gasteiger partial charge in [0.1, 0.15) is 6.04 Å². The second-order valence-electron chi connectivity index (χ2n) is 9.68. The van der Waals surface area contributed by atoms with E-state index in [2.05, 4.69) is 19.2 Å². The molecule has 3 rings (SSSR count). The van der Waals surface area contributed by atoms with Crippen LogP contribution in [-0.2, 0) is 19.1 Å². The standard InChI is InChI=1S/C24H40N2O5S/c1-6-9-10-11-25-21(28)20-24-15(5)12-17(32-24)18(23(30)31-8-3)19(24)22(29)26(20)16(13-27)14(4)7-2/h14-20,27H,6-13H2,1-5H3,(H,25,28)/t14-,15?,16-,17-,18+,19-,20?,24?/m0/s1. The Morgan fingerprint density at radius 3 is 2.62 bits per heavy atom. The highest BCUT2D eigenvalue weighted by Gasteiger charge is 2.76. The quantitative estimate of drug-likeness (QED) is 0.357. The van der Waals surface area contributed by atoms with Crippen LogP contribution in [-0.4, -0.2) is 69.6 Å². The second-order valence-corrected chi connectivity index (χ2v) is 11.2. The Hall–Kier alpha value is -1.28. The first-order valence-corrected chi connectivity index (χ1v) is 13.2. The molecule has 0 aromatic rings. The summed E-state index contributed by atoms with van der Waals surface area (Å²) in [5.74, 6) is -1.60. The van der Waals surface area contributed by atoms with Gasteiger partial charge in [-0.25, -0.2) is 0 Å². The van der Waals surface area contributed by atoms with Crippen molar-refractivity contribution in [3.63, 3.8) is 0 Å². The SMILES string of the molecule is CCCCCNC(=O)C1N([C@@H](CO)[C@@H](C)CC)C(=O)[C@@H]2[C@H](C(=O)OCC)[C@@H]3CC(C)C12S3.